The summed E-state index contributed by atoms with van der Waals surface area (Å²) in [4.78, 5) is 0. The first-order valence-electron chi connectivity index (χ1n) is 5.80. The van der Waals surface area contributed by atoms with E-state index < -0.39 is 0 Å². The van der Waals surface area contributed by atoms with Crippen molar-refractivity contribution in [1.29, 1.82) is 0 Å². The lowest BCUT2D eigenvalue weighted by atomic mass is 10.1. The molecule has 0 saturated carbocycles. The lowest BCUT2D eigenvalue weighted by Gasteiger charge is -2.15. The van der Waals surface area contributed by atoms with Gasteiger partial charge >= 0.3 is 0 Å². The van der Waals surface area contributed by atoms with Gasteiger partial charge in [0.25, 0.3) is 0 Å². The molecule has 0 aromatic heterocycles. The van der Waals surface area contributed by atoms with E-state index in [2.05, 4.69) is 40.3 Å². The Morgan fingerprint density at radius 3 is 2.71 bits per heavy atom. The van der Waals surface area contributed by atoms with Gasteiger partial charge in [0.2, 0.25) is 0 Å². The SMILES string of the molecule is COCCOCCNC(C)c1ccccc1Br. The van der Waals surface area contributed by atoms with E-state index in [1.165, 1.54) is 5.56 Å². The fraction of sp³-hybridized carbons (Fsp3) is 0.538. The third kappa shape index (κ3) is 5.64. The van der Waals surface area contributed by atoms with Gasteiger partial charge in [0.1, 0.15) is 0 Å². The smallest absolute Gasteiger partial charge is 0.0700 e. The Balaban J connectivity index is 2.21. The number of methoxy groups -OCH3 is 1. The molecule has 0 radical (unpaired) electrons. The Bertz CT molecular complexity index is 320. The first-order chi connectivity index (χ1) is 8.25. The van der Waals surface area contributed by atoms with E-state index in [9.17, 15) is 0 Å². The highest BCUT2D eigenvalue weighted by Crippen LogP contribution is 2.22. The third-order valence-electron chi connectivity index (χ3n) is 2.50. The molecular weight excluding hydrogens is 282 g/mol. The predicted molar refractivity (Wildman–Crippen MR) is 73.3 cm³/mol. The Kier molecular flexibility index (Phi) is 7.44. The maximum absolute atomic E-state index is 5.39. The fourth-order valence-corrected chi connectivity index (χ4v) is 2.16. The maximum atomic E-state index is 5.39. The van der Waals surface area contributed by atoms with Gasteiger partial charge in [-0.1, -0.05) is 34.1 Å². The van der Waals surface area contributed by atoms with Crippen molar-refractivity contribution in [2.45, 2.75) is 13.0 Å². The molecule has 1 unspecified atom stereocenters. The van der Waals surface area contributed by atoms with Gasteiger partial charge in [-0.05, 0) is 18.6 Å². The van der Waals surface area contributed by atoms with Crippen LogP contribution in [0.2, 0.25) is 0 Å². The van der Waals surface area contributed by atoms with E-state index in [-0.39, 0.29) is 0 Å². The van der Waals surface area contributed by atoms with Crippen LogP contribution in [-0.4, -0.2) is 33.5 Å². The van der Waals surface area contributed by atoms with E-state index >= 15 is 0 Å². The number of nitrogens with one attached hydrogen (secondary N) is 1. The Morgan fingerprint density at radius 2 is 2.00 bits per heavy atom. The van der Waals surface area contributed by atoms with Crippen LogP contribution in [-0.2, 0) is 9.47 Å². The number of hydrogen-bond donors (Lipinski definition) is 1. The average Bonchev–Trinajstić information content (AvgIpc) is 2.34. The molecule has 1 rings (SSSR count). The van der Waals surface area contributed by atoms with Crippen molar-refractivity contribution in [2.75, 3.05) is 33.5 Å². The van der Waals surface area contributed by atoms with E-state index in [1.807, 2.05) is 12.1 Å². The lowest BCUT2D eigenvalue weighted by Crippen LogP contribution is -2.24. The molecular formula is C13H20BrNO2. The molecule has 0 aliphatic carbocycles. The van der Waals surface area contributed by atoms with E-state index in [4.69, 9.17) is 9.47 Å². The van der Waals surface area contributed by atoms with Crippen molar-refractivity contribution in [1.82, 2.24) is 5.32 Å². The van der Waals surface area contributed by atoms with Crippen molar-refractivity contribution in [3.8, 4) is 0 Å². The van der Waals surface area contributed by atoms with Gasteiger partial charge in [-0.15, -0.1) is 0 Å². The summed E-state index contributed by atoms with van der Waals surface area (Å²) in [5.74, 6) is 0. The minimum Gasteiger partial charge on any atom is -0.382 e. The molecule has 0 saturated heterocycles. The van der Waals surface area contributed by atoms with Gasteiger partial charge in [0.15, 0.2) is 0 Å². The summed E-state index contributed by atoms with van der Waals surface area (Å²) >= 11 is 3.55. The first kappa shape index (κ1) is 14.6. The molecule has 1 aromatic rings. The van der Waals surface area contributed by atoms with Gasteiger partial charge in [-0.25, -0.2) is 0 Å². The zero-order chi connectivity index (χ0) is 12.5. The Hall–Kier alpha value is -0.420. The van der Waals surface area contributed by atoms with Gasteiger partial charge in [-0.3, -0.25) is 0 Å². The number of rotatable bonds is 8. The number of halogens is 1. The Morgan fingerprint density at radius 1 is 1.24 bits per heavy atom. The summed E-state index contributed by atoms with van der Waals surface area (Å²) in [6, 6.07) is 8.56. The summed E-state index contributed by atoms with van der Waals surface area (Å²) in [5.41, 5.74) is 1.27. The predicted octanol–water partition coefficient (Wildman–Crippen LogP) is 2.76. The summed E-state index contributed by atoms with van der Waals surface area (Å²) in [6.45, 7) is 5.00. The molecule has 0 bridgehead atoms. The second kappa shape index (κ2) is 8.64. The summed E-state index contributed by atoms with van der Waals surface area (Å²) < 4.78 is 11.4. The van der Waals surface area contributed by atoms with Crippen LogP contribution in [0.3, 0.4) is 0 Å². The van der Waals surface area contributed by atoms with Crippen molar-refractivity contribution >= 4 is 15.9 Å². The van der Waals surface area contributed by atoms with Crippen molar-refractivity contribution in [2.24, 2.45) is 0 Å². The lowest BCUT2D eigenvalue weighted by molar-refractivity contribution is 0.0712. The van der Waals surface area contributed by atoms with Crippen LogP contribution < -0.4 is 5.32 Å². The zero-order valence-corrected chi connectivity index (χ0v) is 12.0. The molecule has 0 aliphatic heterocycles. The molecule has 0 fully saturated rings. The van der Waals surface area contributed by atoms with E-state index in [0.29, 0.717) is 25.9 Å². The van der Waals surface area contributed by atoms with Crippen molar-refractivity contribution in [3.05, 3.63) is 34.3 Å². The molecule has 4 heteroatoms. The van der Waals surface area contributed by atoms with Crippen LogP contribution in [0, 0.1) is 0 Å². The standard InChI is InChI=1S/C13H20BrNO2/c1-11(12-5-3-4-6-13(12)14)15-7-8-17-10-9-16-2/h3-6,11,15H,7-10H2,1-2H3. The van der Waals surface area contributed by atoms with Crippen LogP contribution in [0.5, 0.6) is 0 Å². The zero-order valence-electron chi connectivity index (χ0n) is 10.4. The van der Waals surface area contributed by atoms with Gasteiger partial charge < -0.3 is 14.8 Å². The van der Waals surface area contributed by atoms with Gasteiger partial charge in [0, 0.05) is 24.2 Å². The van der Waals surface area contributed by atoms with Crippen LogP contribution in [0.15, 0.2) is 28.7 Å². The van der Waals surface area contributed by atoms with Crippen LogP contribution in [0.25, 0.3) is 0 Å². The summed E-state index contributed by atoms with van der Waals surface area (Å²) in [7, 11) is 1.68. The molecule has 96 valence electrons. The highest BCUT2D eigenvalue weighted by atomic mass is 79.9. The number of ether oxygens (including phenoxy) is 2. The van der Waals surface area contributed by atoms with Crippen molar-refractivity contribution < 1.29 is 9.47 Å². The molecule has 3 nitrogen and oxygen atoms in total. The minimum atomic E-state index is 0.316. The average molecular weight is 302 g/mol. The van der Waals surface area contributed by atoms with Crippen LogP contribution in [0.4, 0.5) is 0 Å². The molecule has 0 amide bonds. The highest BCUT2D eigenvalue weighted by molar-refractivity contribution is 9.10. The second-order valence-electron chi connectivity index (χ2n) is 3.80. The summed E-state index contributed by atoms with van der Waals surface area (Å²) in [5, 5.41) is 3.42. The molecule has 1 atom stereocenters. The molecule has 17 heavy (non-hydrogen) atoms. The summed E-state index contributed by atoms with van der Waals surface area (Å²) in [6.07, 6.45) is 0. The largest absolute Gasteiger partial charge is 0.382 e. The molecule has 0 aliphatic rings. The fourth-order valence-electron chi connectivity index (χ4n) is 1.53. The monoisotopic (exact) mass is 301 g/mol. The van der Waals surface area contributed by atoms with Crippen LogP contribution in [0.1, 0.15) is 18.5 Å². The second-order valence-corrected chi connectivity index (χ2v) is 4.66. The molecule has 1 aromatic carbocycles. The minimum absolute atomic E-state index is 0.316. The first-order valence-corrected chi connectivity index (χ1v) is 6.59. The van der Waals surface area contributed by atoms with Gasteiger partial charge in [0.05, 0.1) is 19.8 Å². The normalized spacial score (nSPS) is 12.6. The van der Waals surface area contributed by atoms with Crippen LogP contribution >= 0.6 is 15.9 Å². The number of hydrogen-bond acceptors (Lipinski definition) is 3. The molecule has 0 spiro atoms. The number of benzene rings is 1. The third-order valence-corrected chi connectivity index (χ3v) is 3.22. The van der Waals surface area contributed by atoms with Crippen molar-refractivity contribution in [3.63, 3.8) is 0 Å². The maximum Gasteiger partial charge on any atom is 0.0700 e. The topological polar surface area (TPSA) is 30.5 Å². The Labute approximate surface area is 112 Å². The molecule has 0 heterocycles. The van der Waals surface area contributed by atoms with E-state index in [1.54, 1.807) is 7.11 Å². The molecule has 1 N–H and O–H groups in total. The quantitative estimate of drug-likeness (QED) is 0.749. The highest BCUT2D eigenvalue weighted by Gasteiger charge is 2.07. The van der Waals surface area contributed by atoms with Gasteiger partial charge in [-0.2, -0.15) is 0 Å². The van der Waals surface area contributed by atoms with E-state index in [0.717, 1.165) is 11.0 Å².